The molecule has 4 nitrogen and oxygen atoms in total. The van der Waals surface area contributed by atoms with Gasteiger partial charge >= 0.3 is 0 Å². The third kappa shape index (κ3) is 2.24. The summed E-state index contributed by atoms with van der Waals surface area (Å²) in [5, 5.41) is 2.79. The topological polar surface area (TPSA) is 81.1 Å². The van der Waals surface area contributed by atoms with E-state index < -0.39 is 11.7 Å². The summed E-state index contributed by atoms with van der Waals surface area (Å²) in [6.07, 6.45) is 0. The van der Waals surface area contributed by atoms with Crippen LogP contribution in [-0.4, -0.2) is 5.91 Å². The first-order valence-corrected chi connectivity index (χ1v) is 5.29. The zero-order chi connectivity index (χ0) is 13.1. The van der Waals surface area contributed by atoms with Crippen LogP contribution in [0.2, 0.25) is 0 Å². The van der Waals surface area contributed by atoms with Crippen LogP contribution >= 0.6 is 0 Å². The highest BCUT2D eigenvalue weighted by molar-refractivity contribution is 6.02. The lowest BCUT2D eigenvalue weighted by molar-refractivity contribution is 0.100. The molecule has 0 aromatic heterocycles. The molecule has 0 aliphatic heterocycles. The molecule has 5 N–H and O–H groups in total. The highest BCUT2D eigenvalue weighted by Crippen LogP contribution is 2.28. The molecular formula is C13H12FN3O. The Morgan fingerprint density at radius 3 is 2.50 bits per heavy atom. The van der Waals surface area contributed by atoms with Gasteiger partial charge in [0, 0.05) is 0 Å². The van der Waals surface area contributed by atoms with Gasteiger partial charge in [-0.2, -0.15) is 0 Å². The molecule has 0 bridgehead atoms. The largest absolute Gasteiger partial charge is 0.397 e. The molecule has 0 radical (unpaired) electrons. The molecule has 5 heteroatoms. The van der Waals surface area contributed by atoms with E-state index in [1.54, 1.807) is 30.3 Å². The van der Waals surface area contributed by atoms with Crippen molar-refractivity contribution in [2.24, 2.45) is 5.73 Å². The van der Waals surface area contributed by atoms with Crippen molar-refractivity contribution in [1.82, 2.24) is 0 Å². The maximum Gasteiger partial charge on any atom is 0.250 e. The number of carbonyl (C=O) groups is 1. The number of hydrogen-bond acceptors (Lipinski definition) is 3. The maximum atomic E-state index is 13.5. The average molecular weight is 245 g/mol. The number of para-hydroxylation sites is 2. The zero-order valence-corrected chi connectivity index (χ0v) is 9.48. The van der Waals surface area contributed by atoms with Gasteiger partial charge in [-0.3, -0.25) is 4.79 Å². The summed E-state index contributed by atoms with van der Waals surface area (Å²) in [6, 6.07) is 10.9. The smallest absolute Gasteiger partial charge is 0.250 e. The molecular weight excluding hydrogens is 233 g/mol. The van der Waals surface area contributed by atoms with Crippen LogP contribution in [-0.2, 0) is 0 Å². The second-order valence-corrected chi connectivity index (χ2v) is 3.74. The number of benzene rings is 2. The van der Waals surface area contributed by atoms with Crippen LogP contribution in [0.3, 0.4) is 0 Å². The first-order chi connectivity index (χ1) is 8.59. The minimum atomic E-state index is -0.624. The second-order valence-electron chi connectivity index (χ2n) is 3.74. The van der Waals surface area contributed by atoms with E-state index in [1.807, 2.05) is 0 Å². The molecule has 92 valence electrons. The number of nitrogens with two attached hydrogens (primary N) is 2. The molecule has 0 spiro atoms. The summed E-state index contributed by atoms with van der Waals surface area (Å²) in [4.78, 5) is 11.3. The quantitative estimate of drug-likeness (QED) is 0.725. The fraction of sp³-hybridized carbons (Fsp3) is 0. The summed E-state index contributed by atoms with van der Waals surface area (Å²) in [5.41, 5.74) is 12.1. The molecule has 2 aromatic rings. The molecule has 0 unspecified atom stereocenters. The molecule has 0 saturated carbocycles. The van der Waals surface area contributed by atoms with Gasteiger partial charge in [0.1, 0.15) is 5.82 Å². The summed E-state index contributed by atoms with van der Waals surface area (Å²) in [6.45, 7) is 0. The first-order valence-electron chi connectivity index (χ1n) is 5.29. The van der Waals surface area contributed by atoms with Crippen LogP contribution in [0.1, 0.15) is 10.4 Å². The SMILES string of the molecule is NC(=O)c1cccc(N)c1Nc1ccccc1F. The van der Waals surface area contributed by atoms with Gasteiger partial charge in [0.25, 0.3) is 5.91 Å². The number of rotatable bonds is 3. The van der Waals surface area contributed by atoms with Gasteiger partial charge in [0.05, 0.1) is 22.6 Å². The van der Waals surface area contributed by atoms with E-state index in [2.05, 4.69) is 5.32 Å². The Hall–Kier alpha value is -2.56. The van der Waals surface area contributed by atoms with Crippen molar-refractivity contribution < 1.29 is 9.18 Å². The Kier molecular flexibility index (Phi) is 3.14. The Morgan fingerprint density at radius 2 is 1.83 bits per heavy atom. The van der Waals surface area contributed by atoms with Gasteiger partial charge in [0.15, 0.2) is 0 Å². The highest BCUT2D eigenvalue weighted by Gasteiger charge is 2.12. The van der Waals surface area contributed by atoms with Crippen LogP contribution in [0.4, 0.5) is 21.5 Å². The van der Waals surface area contributed by atoms with Crippen molar-refractivity contribution in [3.8, 4) is 0 Å². The number of anilines is 3. The minimum Gasteiger partial charge on any atom is -0.397 e. The van der Waals surface area contributed by atoms with Crippen molar-refractivity contribution in [2.45, 2.75) is 0 Å². The third-order valence-electron chi connectivity index (χ3n) is 2.50. The second kappa shape index (κ2) is 4.75. The van der Waals surface area contributed by atoms with Crippen LogP contribution in [0.15, 0.2) is 42.5 Å². The summed E-state index contributed by atoms with van der Waals surface area (Å²) in [7, 11) is 0. The Bertz CT molecular complexity index is 599. The molecule has 1 amide bonds. The van der Waals surface area contributed by atoms with Crippen molar-refractivity contribution in [1.29, 1.82) is 0 Å². The predicted octanol–water partition coefficient (Wildman–Crippen LogP) is 2.25. The Labute approximate surface area is 103 Å². The molecule has 18 heavy (non-hydrogen) atoms. The van der Waals surface area contributed by atoms with Gasteiger partial charge in [-0.15, -0.1) is 0 Å². The van der Waals surface area contributed by atoms with Gasteiger partial charge in [-0.25, -0.2) is 4.39 Å². The van der Waals surface area contributed by atoms with E-state index in [9.17, 15) is 9.18 Å². The minimum absolute atomic E-state index is 0.221. The van der Waals surface area contributed by atoms with E-state index in [-0.39, 0.29) is 11.3 Å². The first kappa shape index (κ1) is 11.9. The number of halogens is 1. The predicted molar refractivity (Wildman–Crippen MR) is 69.1 cm³/mol. The molecule has 2 rings (SSSR count). The van der Waals surface area contributed by atoms with Crippen molar-refractivity contribution in [3.63, 3.8) is 0 Å². The average Bonchev–Trinajstić information content (AvgIpc) is 2.34. The lowest BCUT2D eigenvalue weighted by Crippen LogP contribution is -2.14. The molecule has 2 aromatic carbocycles. The van der Waals surface area contributed by atoms with Crippen LogP contribution in [0.5, 0.6) is 0 Å². The highest BCUT2D eigenvalue weighted by atomic mass is 19.1. The Morgan fingerprint density at radius 1 is 1.11 bits per heavy atom. The maximum absolute atomic E-state index is 13.5. The van der Waals surface area contributed by atoms with Crippen molar-refractivity contribution in [3.05, 3.63) is 53.8 Å². The summed E-state index contributed by atoms with van der Waals surface area (Å²) in [5.74, 6) is -1.06. The van der Waals surface area contributed by atoms with E-state index in [4.69, 9.17) is 11.5 Å². The van der Waals surface area contributed by atoms with Crippen LogP contribution in [0, 0.1) is 5.82 Å². The van der Waals surface area contributed by atoms with Crippen LogP contribution in [0.25, 0.3) is 0 Å². The van der Waals surface area contributed by atoms with Crippen molar-refractivity contribution in [2.75, 3.05) is 11.1 Å². The lowest BCUT2D eigenvalue weighted by atomic mass is 10.1. The number of amides is 1. The Balaban J connectivity index is 2.46. The fourth-order valence-electron chi connectivity index (χ4n) is 1.61. The van der Waals surface area contributed by atoms with E-state index in [0.29, 0.717) is 11.4 Å². The third-order valence-corrected chi connectivity index (χ3v) is 2.50. The number of primary amides is 1. The van der Waals surface area contributed by atoms with E-state index >= 15 is 0 Å². The number of nitrogen functional groups attached to an aromatic ring is 1. The number of hydrogen-bond donors (Lipinski definition) is 3. The molecule has 0 saturated heterocycles. The van der Waals surface area contributed by atoms with E-state index in [0.717, 1.165) is 0 Å². The fourth-order valence-corrected chi connectivity index (χ4v) is 1.61. The number of nitrogens with one attached hydrogen (secondary N) is 1. The van der Waals surface area contributed by atoms with Gasteiger partial charge in [0.2, 0.25) is 0 Å². The van der Waals surface area contributed by atoms with Gasteiger partial charge in [-0.05, 0) is 24.3 Å². The monoisotopic (exact) mass is 245 g/mol. The molecule has 0 atom stereocenters. The van der Waals surface area contributed by atoms with Crippen LogP contribution < -0.4 is 16.8 Å². The molecule has 0 aliphatic rings. The zero-order valence-electron chi connectivity index (χ0n) is 9.48. The van der Waals surface area contributed by atoms with Crippen molar-refractivity contribution >= 4 is 23.0 Å². The van der Waals surface area contributed by atoms with Gasteiger partial charge < -0.3 is 16.8 Å². The number of carbonyl (C=O) groups excluding carboxylic acids is 1. The summed E-state index contributed by atoms with van der Waals surface area (Å²) < 4.78 is 13.5. The normalized spacial score (nSPS) is 10.1. The van der Waals surface area contributed by atoms with E-state index in [1.165, 1.54) is 12.1 Å². The standard InChI is InChI=1S/C13H12FN3O/c14-9-5-1-2-7-11(9)17-12-8(13(16)18)4-3-6-10(12)15/h1-7,17H,15H2,(H2,16,18). The lowest BCUT2D eigenvalue weighted by Gasteiger charge is -2.13. The van der Waals surface area contributed by atoms with Gasteiger partial charge in [-0.1, -0.05) is 18.2 Å². The molecule has 0 fully saturated rings. The summed E-state index contributed by atoms with van der Waals surface area (Å²) >= 11 is 0. The molecule has 0 heterocycles. The molecule has 0 aliphatic carbocycles.